The highest BCUT2D eigenvalue weighted by atomic mass is 32.1. The maximum Gasteiger partial charge on any atom is 0.373 e. The number of ether oxygens (including phenoxy) is 2. The normalized spacial score (nSPS) is 21.6. The summed E-state index contributed by atoms with van der Waals surface area (Å²) < 4.78 is 9.97. The summed E-state index contributed by atoms with van der Waals surface area (Å²) in [6.45, 7) is 3.98. The van der Waals surface area contributed by atoms with E-state index in [2.05, 4.69) is 0 Å². The van der Waals surface area contributed by atoms with Crippen LogP contribution in [0.2, 0.25) is 0 Å². The number of carbonyl (C=O) groups is 1. The highest BCUT2D eigenvalue weighted by Crippen LogP contribution is 2.18. The quantitative estimate of drug-likeness (QED) is 0.530. The fourth-order valence-corrected chi connectivity index (χ4v) is 1.39. The summed E-state index contributed by atoms with van der Waals surface area (Å²) in [6.07, 6.45) is 2.08. The predicted molar refractivity (Wildman–Crippen MR) is 57.0 cm³/mol. The fourth-order valence-electron chi connectivity index (χ4n) is 1.25. The van der Waals surface area contributed by atoms with Gasteiger partial charge in [-0.05, 0) is 12.0 Å². The van der Waals surface area contributed by atoms with Crippen LogP contribution in [-0.4, -0.2) is 24.0 Å². The molecule has 0 unspecified atom stereocenters. The number of esters is 1. The first-order valence-corrected chi connectivity index (χ1v) is 4.96. The Kier molecular flexibility index (Phi) is 3.63. The summed E-state index contributed by atoms with van der Waals surface area (Å²) in [4.78, 5) is 12.1. The molecular weight excluding hydrogens is 200 g/mol. The first kappa shape index (κ1) is 11.2. The minimum Gasteiger partial charge on any atom is -0.490 e. The van der Waals surface area contributed by atoms with Crippen molar-refractivity contribution in [3.05, 3.63) is 11.8 Å². The van der Waals surface area contributed by atoms with Crippen LogP contribution in [0.25, 0.3) is 0 Å². The van der Waals surface area contributed by atoms with E-state index in [9.17, 15) is 4.79 Å². The van der Waals surface area contributed by atoms with Crippen molar-refractivity contribution in [1.82, 2.24) is 0 Å². The minimum atomic E-state index is -0.424. The average molecular weight is 214 g/mol. The van der Waals surface area contributed by atoms with Crippen molar-refractivity contribution in [3.63, 3.8) is 0 Å². The maximum absolute atomic E-state index is 11.3. The van der Waals surface area contributed by atoms with Crippen molar-refractivity contribution in [2.75, 3.05) is 7.11 Å². The maximum atomic E-state index is 11.3. The summed E-state index contributed by atoms with van der Waals surface area (Å²) in [5.41, 5.74) is 0. The van der Waals surface area contributed by atoms with Crippen molar-refractivity contribution in [3.8, 4) is 0 Å². The summed E-state index contributed by atoms with van der Waals surface area (Å²) in [5.74, 6) is 0.0971. The third-order valence-corrected chi connectivity index (χ3v) is 2.81. The van der Waals surface area contributed by atoms with Gasteiger partial charge in [-0.3, -0.25) is 0 Å². The lowest BCUT2D eigenvalue weighted by molar-refractivity contribution is -0.146. The summed E-state index contributed by atoms with van der Waals surface area (Å²) >= 11 is 5.18. The number of carbonyl (C=O) groups excluding carboxylic acids is 1. The van der Waals surface area contributed by atoms with Gasteiger partial charge in [-0.2, -0.15) is 0 Å². The molecule has 0 saturated carbocycles. The first-order valence-electron chi connectivity index (χ1n) is 4.55. The fraction of sp³-hybridized carbons (Fsp3) is 0.600. The Morgan fingerprint density at radius 3 is 2.79 bits per heavy atom. The lowest BCUT2D eigenvalue weighted by atomic mass is 10.0. The second kappa shape index (κ2) is 4.55. The van der Waals surface area contributed by atoms with Gasteiger partial charge < -0.3 is 9.47 Å². The minimum absolute atomic E-state index is 0.250. The van der Waals surface area contributed by atoms with Crippen LogP contribution in [0.3, 0.4) is 0 Å². The van der Waals surface area contributed by atoms with E-state index in [1.165, 1.54) is 7.11 Å². The molecule has 0 spiro atoms. The van der Waals surface area contributed by atoms with Crippen molar-refractivity contribution >= 4 is 23.1 Å². The van der Waals surface area contributed by atoms with Gasteiger partial charge in [-0.1, -0.05) is 26.1 Å². The average Bonchev–Trinajstić information content (AvgIpc) is 2.16. The molecule has 3 nitrogen and oxygen atoms in total. The number of hydrogen-bond acceptors (Lipinski definition) is 4. The van der Waals surface area contributed by atoms with Crippen LogP contribution in [0.1, 0.15) is 20.3 Å². The van der Waals surface area contributed by atoms with Crippen LogP contribution in [0.5, 0.6) is 0 Å². The van der Waals surface area contributed by atoms with Crippen LogP contribution in [-0.2, 0) is 14.3 Å². The van der Waals surface area contributed by atoms with Crippen LogP contribution in [0.15, 0.2) is 11.8 Å². The van der Waals surface area contributed by atoms with E-state index >= 15 is 0 Å². The molecule has 0 aromatic carbocycles. The second-order valence-electron chi connectivity index (χ2n) is 3.46. The molecule has 0 aromatic rings. The summed E-state index contributed by atoms with van der Waals surface area (Å²) in [7, 11) is 1.45. The van der Waals surface area contributed by atoms with Crippen molar-refractivity contribution in [2.24, 2.45) is 5.92 Å². The Balaban J connectivity index is 2.68. The van der Waals surface area contributed by atoms with Crippen molar-refractivity contribution in [1.29, 1.82) is 0 Å². The third kappa shape index (κ3) is 2.32. The molecule has 1 rings (SSSR count). The lowest BCUT2D eigenvalue weighted by Crippen LogP contribution is -2.32. The molecule has 1 heterocycles. The van der Waals surface area contributed by atoms with Crippen LogP contribution < -0.4 is 0 Å². The highest BCUT2D eigenvalue weighted by molar-refractivity contribution is 7.80. The second-order valence-corrected chi connectivity index (χ2v) is 3.93. The zero-order valence-electron chi connectivity index (χ0n) is 8.57. The van der Waals surface area contributed by atoms with E-state index in [4.69, 9.17) is 21.7 Å². The molecule has 4 heteroatoms. The molecule has 0 bridgehead atoms. The number of methoxy groups -OCH3 is 1. The lowest BCUT2D eigenvalue weighted by Gasteiger charge is -2.23. The van der Waals surface area contributed by atoms with E-state index < -0.39 is 5.97 Å². The zero-order valence-corrected chi connectivity index (χ0v) is 9.39. The summed E-state index contributed by atoms with van der Waals surface area (Å²) in [5, 5.41) is 0. The standard InChI is InChI=1S/C10H14O3S/c1-6(2)9(14)7-4-5-8(12-3)10(11)13-7/h5-7H,4H2,1-3H3/t7-/m0/s1. The predicted octanol–water partition coefficient (Wildman–Crippen LogP) is 1.86. The molecule has 0 aromatic heterocycles. The molecule has 0 saturated heterocycles. The van der Waals surface area contributed by atoms with Gasteiger partial charge in [0.1, 0.15) is 6.10 Å². The molecule has 0 fully saturated rings. The van der Waals surface area contributed by atoms with Gasteiger partial charge in [0.05, 0.1) is 7.11 Å². The largest absolute Gasteiger partial charge is 0.490 e. The topological polar surface area (TPSA) is 35.5 Å². The number of hydrogen-bond donors (Lipinski definition) is 0. The SMILES string of the molecule is COC1=CC[C@@H](C(=S)C(C)C)OC1=O. The van der Waals surface area contributed by atoms with E-state index in [1.807, 2.05) is 13.8 Å². The zero-order chi connectivity index (χ0) is 10.7. The molecule has 0 amide bonds. The number of cyclic esters (lactones) is 1. The van der Waals surface area contributed by atoms with Gasteiger partial charge in [0.15, 0.2) is 5.76 Å². The van der Waals surface area contributed by atoms with Gasteiger partial charge in [0.25, 0.3) is 0 Å². The Morgan fingerprint density at radius 1 is 1.71 bits per heavy atom. The molecule has 0 N–H and O–H groups in total. The van der Waals surface area contributed by atoms with E-state index in [1.54, 1.807) is 6.08 Å². The molecule has 78 valence electrons. The summed E-state index contributed by atoms with van der Waals surface area (Å²) in [6, 6.07) is 0. The molecular formula is C10H14O3S. The van der Waals surface area contributed by atoms with Gasteiger partial charge in [-0.25, -0.2) is 4.79 Å². The molecule has 0 aliphatic carbocycles. The molecule has 0 radical (unpaired) electrons. The molecule has 1 aliphatic heterocycles. The smallest absolute Gasteiger partial charge is 0.373 e. The first-order chi connectivity index (χ1) is 6.56. The Bertz CT molecular complexity index is 281. The van der Waals surface area contributed by atoms with Gasteiger partial charge in [-0.15, -0.1) is 0 Å². The van der Waals surface area contributed by atoms with Crippen LogP contribution >= 0.6 is 12.2 Å². The number of thiocarbonyl (C=S) groups is 1. The molecule has 1 aliphatic rings. The number of rotatable bonds is 3. The van der Waals surface area contributed by atoms with E-state index in [0.717, 1.165) is 4.86 Å². The third-order valence-electron chi connectivity index (χ3n) is 2.07. The Labute approximate surface area is 89.1 Å². The van der Waals surface area contributed by atoms with Crippen molar-refractivity contribution < 1.29 is 14.3 Å². The van der Waals surface area contributed by atoms with Gasteiger partial charge in [0.2, 0.25) is 0 Å². The van der Waals surface area contributed by atoms with Gasteiger partial charge >= 0.3 is 5.97 Å². The van der Waals surface area contributed by atoms with E-state index in [0.29, 0.717) is 6.42 Å². The van der Waals surface area contributed by atoms with Gasteiger partial charge in [0, 0.05) is 11.3 Å². The highest BCUT2D eigenvalue weighted by Gasteiger charge is 2.27. The molecule has 14 heavy (non-hydrogen) atoms. The monoisotopic (exact) mass is 214 g/mol. The van der Waals surface area contributed by atoms with Crippen LogP contribution in [0.4, 0.5) is 0 Å². The van der Waals surface area contributed by atoms with Crippen molar-refractivity contribution in [2.45, 2.75) is 26.4 Å². The van der Waals surface area contributed by atoms with Crippen LogP contribution in [0, 0.1) is 5.92 Å². The molecule has 1 atom stereocenters. The van der Waals surface area contributed by atoms with E-state index in [-0.39, 0.29) is 17.8 Å². The Hall–Kier alpha value is -0.900. The Morgan fingerprint density at radius 2 is 2.36 bits per heavy atom.